The van der Waals surface area contributed by atoms with Gasteiger partial charge in [-0.15, -0.1) is 11.3 Å². The molecule has 1 amide bonds. The van der Waals surface area contributed by atoms with Crippen LogP contribution in [0.4, 0.5) is 9.52 Å². The SMILES string of the molecule is Nc1nc(CC(=O)NCCc2ccccc2F)cs1. The third-order valence-corrected chi connectivity index (χ3v) is 3.31. The number of amides is 1. The molecular formula is C13H14FN3OS. The maximum atomic E-state index is 13.3. The standard InChI is InChI=1S/C13H14FN3OS/c14-11-4-2-1-3-9(11)5-6-16-12(18)7-10-8-19-13(15)17-10/h1-4,8H,5-7H2,(H2,15,17)(H,16,18). The maximum absolute atomic E-state index is 13.3. The van der Waals surface area contributed by atoms with Crippen molar-refractivity contribution in [3.05, 3.63) is 46.7 Å². The average molecular weight is 279 g/mol. The number of anilines is 1. The second-order valence-corrected chi connectivity index (χ2v) is 4.93. The summed E-state index contributed by atoms with van der Waals surface area (Å²) in [5.41, 5.74) is 6.74. The molecule has 3 N–H and O–H groups in total. The van der Waals surface area contributed by atoms with Crippen molar-refractivity contribution in [3.8, 4) is 0 Å². The Morgan fingerprint density at radius 3 is 2.89 bits per heavy atom. The lowest BCUT2D eigenvalue weighted by Crippen LogP contribution is -2.27. The Hall–Kier alpha value is -1.95. The van der Waals surface area contributed by atoms with E-state index in [0.29, 0.717) is 29.4 Å². The molecule has 0 radical (unpaired) electrons. The van der Waals surface area contributed by atoms with Gasteiger partial charge in [-0.1, -0.05) is 18.2 Å². The molecule has 6 heteroatoms. The number of halogens is 1. The topological polar surface area (TPSA) is 68.0 Å². The molecule has 1 heterocycles. The molecule has 4 nitrogen and oxygen atoms in total. The minimum atomic E-state index is -0.246. The van der Waals surface area contributed by atoms with Crippen LogP contribution in [-0.4, -0.2) is 17.4 Å². The molecule has 0 atom stereocenters. The van der Waals surface area contributed by atoms with Gasteiger partial charge in [-0.05, 0) is 18.1 Å². The molecule has 2 rings (SSSR count). The summed E-state index contributed by atoms with van der Waals surface area (Å²) in [6.07, 6.45) is 0.669. The Morgan fingerprint density at radius 2 is 2.21 bits per heavy atom. The molecule has 19 heavy (non-hydrogen) atoms. The van der Waals surface area contributed by atoms with E-state index in [1.165, 1.54) is 17.4 Å². The fourth-order valence-corrected chi connectivity index (χ4v) is 2.23. The van der Waals surface area contributed by atoms with Gasteiger partial charge in [0.05, 0.1) is 12.1 Å². The van der Waals surface area contributed by atoms with Gasteiger partial charge in [0.15, 0.2) is 5.13 Å². The summed E-state index contributed by atoms with van der Waals surface area (Å²) in [5.74, 6) is -0.384. The fourth-order valence-electron chi connectivity index (χ4n) is 1.67. The Balaban J connectivity index is 1.77. The maximum Gasteiger partial charge on any atom is 0.226 e. The van der Waals surface area contributed by atoms with Crippen molar-refractivity contribution in [1.29, 1.82) is 0 Å². The van der Waals surface area contributed by atoms with Crippen molar-refractivity contribution in [2.45, 2.75) is 12.8 Å². The summed E-state index contributed by atoms with van der Waals surface area (Å²) in [4.78, 5) is 15.6. The molecule has 100 valence electrons. The number of nitrogens with two attached hydrogens (primary N) is 1. The van der Waals surface area contributed by atoms with Crippen molar-refractivity contribution in [2.24, 2.45) is 0 Å². The van der Waals surface area contributed by atoms with Crippen LogP contribution in [0.3, 0.4) is 0 Å². The highest BCUT2D eigenvalue weighted by Crippen LogP contribution is 2.11. The van der Waals surface area contributed by atoms with Crippen LogP contribution in [0.5, 0.6) is 0 Å². The lowest BCUT2D eigenvalue weighted by Gasteiger charge is -2.05. The van der Waals surface area contributed by atoms with Crippen LogP contribution in [0.25, 0.3) is 0 Å². The summed E-state index contributed by atoms with van der Waals surface area (Å²) >= 11 is 1.31. The lowest BCUT2D eigenvalue weighted by molar-refractivity contribution is -0.120. The van der Waals surface area contributed by atoms with Crippen LogP contribution in [0.2, 0.25) is 0 Å². The van der Waals surface area contributed by atoms with E-state index in [9.17, 15) is 9.18 Å². The number of carbonyl (C=O) groups is 1. The highest BCUT2D eigenvalue weighted by atomic mass is 32.1. The van der Waals surface area contributed by atoms with E-state index < -0.39 is 0 Å². The van der Waals surface area contributed by atoms with Crippen LogP contribution in [-0.2, 0) is 17.6 Å². The number of benzene rings is 1. The molecule has 0 bridgehead atoms. The fraction of sp³-hybridized carbons (Fsp3) is 0.231. The van der Waals surface area contributed by atoms with Crippen molar-refractivity contribution in [3.63, 3.8) is 0 Å². The van der Waals surface area contributed by atoms with Crippen molar-refractivity contribution < 1.29 is 9.18 Å². The second kappa shape index (κ2) is 6.29. The van der Waals surface area contributed by atoms with Gasteiger partial charge in [0.2, 0.25) is 5.91 Å². The summed E-state index contributed by atoms with van der Waals surface area (Å²) in [6, 6.07) is 6.54. The average Bonchev–Trinajstić information content (AvgIpc) is 2.77. The zero-order valence-corrected chi connectivity index (χ0v) is 11.0. The van der Waals surface area contributed by atoms with Crippen molar-refractivity contribution in [2.75, 3.05) is 12.3 Å². The number of nitrogens with one attached hydrogen (secondary N) is 1. The van der Waals surface area contributed by atoms with E-state index in [-0.39, 0.29) is 18.1 Å². The summed E-state index contributed by atoms with van der Waals surface area (Å²) in [5, 5.41) is 4.94. The Bertz CT molecular complexity index is 571. The second-order valence-electron chi connectivity index (χ2n) is 4.05. The van der Waals surface area contributed by atoms with E-state index in [4.69, 9.17) is 5.73 Å². The number of hydrogen-bond acceptors (Lipinski definition) is 4. The van der Waals surface area contributed by atoms with Gasteiger partial charge in [0, 0.05) is 11.9 Å². The molecule has 0 fully saturated rings. The molecule has 0 aliphatic carbocycles. The zero-order chi connectivity index (χ0) is 13.7. The van der Waals surface area contributed by atoms with Crippen LogP contribution < -0.4 is 11.1 Å². The number of carbonyl (C=O) groups excluding carboxylic acids is 1. The number of nitrogen functional groups attached to an aromatic ring is 1. The summed E-state index contributed by atoms with van der Waals surface area (Å²) in [6.45, 7) is 0.402. The Labute approximate surface area is 114 Å². The van der Waals surface area contributed by atoms with E-state index >= 15 is 0 Å². The van der Waals surface area contributed by atoms with E-state index in [1.807, 2.05) is 0 Å². The van der Waals surface area contributed by atoms with Gasteiger partial charge in [-0.2, -0.15) is 0 Å². The summed E-state index contributed by atoms with van der Waals surface area (Å²) < 4.78 is 13.3. The quantitative estimate of drug-likeness (QED) is 0.876. The van der Waals surface area contributed by atoms with Crippen LogP contribution >= 0.6 is 11.3 Å². The molecular weight excluding hydrogens is 265 g/mol. The Morgan fingerprint density at radius 1 is 1.42 bits per heavy atom. The molecule has 0 aliphatic heterocycles. The largest absolute Gasteiger partial charge is 0.375 e. The van der Waals surface area contributed by atoms with Crippen molar-refractivity contribution >= 4 is 22.4 Å². The number of aromatic nitrogens is 1. The first kappa shape index (κ1) is 13.5. The number of thiazole rings is 1. The van der Waals surface area contributed by atoms with Gasteiger partial charge in [-0.25, -0.2) is 9.37 Å². The molecule has 0 aliphatic rings. The monoisotopic (exact) mass is 279 g/mol. The zero-order valence-electron chi connectivity index (χ0n) is 10.2. The van der Waals surface area contributed by atoms with Crippen LogP contribution in [0.1, 0.15) is 11.3 Å². The predicted molar refractivity (Wildman–Crippen MR) is 73.3 cm³/mol. The third-order valence-electron chi connectivity index (χ3n) is 2.59. The minimum Gasteiger partial charge on any atom is -0.375 e. The first-order chi connectivity index (χ1) is 9.15. The van der Waals surface area contributed by atoms with E-state index in [0.717, 1.165) is 0 Å². The molecule has 1 aromatic carbocycles. The van der Waals surface area contributed by atoms with E-state index in [1.54, 1.807) is 23.6 Å². The van der Waals surface area contributed by atoms with E-state index in [2.05, 4.69) is 10.3 Å². The first-order valence-electron chi connectivity index (χ1n) is 5.85. The molecule has 0 saturated heterocycles. The summed E-state index contributed by atoms with van der Waals surface area (Å²) in [7, 11) is 0. The predicted octanol–water partition coefficient (Wildman–Crippen LogP) is 1.77. The molecule has 0 saturated carbocycles. The number of hydrogen-bond donors (Lipinski definition) is 2. The van der Waals surface area contributed by atoms with Crippen LogP contribution in [0.15, 0.2) is 29.6 Å². The van der Waals surface area contributed by atoms with Crippen molar-refractivity contribution in [1.82, 2.24) is 10.3 Å². The van der Waals surface area contributed by atoms with Gasteiger partial charge in [0.25, 0.3) is 0 Å². The molecule has 0 unspecified atom stereocenters. The van der Waals surface area contributed by atoms with Gasteiger partial charge in [-0.3, -0.25) is 4.79 Å². The van der Waals surface area contributed by atoms with Gasteiger partial charge < -0.3 is 11.1 Å². The lowest BCUT2D eigenvalue weighted by atomic mass is 10.1. The third kappa shape index (κ3) is 4.03. The smallest absolute Gasteiger partial charge is 0.226 e. The van der Waals surface area contributed by atoms with Crippen LogP contribution in [0, 0.1) is 5.82 Å². The Kier molecular flexibility index (Phi) is 4.46. The molecule has 0 spiro atoms. The van der Waals surface area contributed by atoms with Gasteiger partial charge >= 0.3 is 0 Å². The highest BCUT2D eigenvalue weighted by Gasteiger charge is 2.07. The highest BCUT2D eigenvalue weighted by molar-refractivity contribution is 7.13. The molecule has 2 aromatic rings. The van der Waals surface area contributed by atoms with Gasteiger partial charge in [0.1, 0.15) is 5.82 Å². The first-order valence-corrected chi connectivity index (χ1v) is 6.73. The number of nitrogens with zero attached hydrogens (tertiary/aromatic N) is 1. The number of rotatable bonds is 5. The molecule has 1 aromatic heterocycles. The normalized spacial score (nSPS) is 10.4. The minimum absolute atomic E-state index is 0.137.